The summed E-state index contributed by atoms with van der Waals surface area (Å²) < 4.78 is 0. The lowest BCUT2D eigenvalue weighted by molar-refractivity contribution is 1.24. The molecule has 1 rings (SSSR count). The van der Waals surface area contributed by atoms with Gasteiger partial charge < -0.3 is 5.73 Å². The molecule has 3 N–H and O–H groups in total. The zero-order valence-corrected chi connectivity index (χ0v) is 7.75. The van der Waals surface area contributed by atoms with E-state index in [9.17, 15) is 0 Å². The number of nitrogens with zero attached hydrogens (tertiary/aromatic N) is 1. The standard InChI is InChI=1S/C9H10ClN3/c10-8-3-1-2-7(4-8)5-13-6-9(11)12/h1-5H,6H2,(H3,11,12). The number of nitrogens with two attached hydrogens (primary N) is 1. The van der Waals surface area contributed by atoms with Crippen molar-refractivity contribution in [3.05, 3.63) is 34.9 Å². The fraction of sp³-hybridized carbons (Fsp3) is 0.111. The van der Waals surface area contributed by atoms with Gasteiger partial charge in [-0.05, 0) is 17.7 Å². The molecule has 0 unspecified atom stereocenters. The lowest BCUT2D eigenvalue weighted by atomic mass is 10.2. The van der Waals surface area contributed by atoms with Gasteiger partial charge in [0.25, 0.3) is 0 Å². The molecule has 0 fully saturated rings. The monoisotopic (exact) mass is 195 g/mol. The Morgan fingerprint density at radius 2 is 2.38 bits per heavy atom. The molecule has 0 heterocycles. The smallest absolute Gasteiger partial charge is 0.113 e. The Bertz CT molecular complexity index is 333. The summed E-state index contributed by atoms with van der Waals surface area (Å²) in [6, 6.07) is 7.32. The normalized spacial score (nSPS) is 10.5. The Hall–Kier alpha value is -1.35. The number of hydrogen-bond acceptors (Lipinski definition) is 2. The number of amidine groups is 1. The van der Waals surface area contributed by atoms with Crippen LogP contribution in [0, 0.1) is 5.41 Å². The van der Waals surface area contributed by atoms with E-state index in [0.717, 1.165) is 5.56 Å². The van der Waals surface area contributed by atoms with Crippen LogP contribution in [0.25, 0.3) is 0 Å². The van der Waals surface area contributed by atoms with Gasteiger partial charge in [0.15, 0.2) is 0 Å². The van der Waals surface area contributed by atoms with Gasteiger partial charge in [-0.15, -0.1) is 0 Å². The number of aliphatic imine (C=N–C) groups is 1. The third-order valence-corrected chi connectivity index (χ3v) is 1.59. The van der Waals surface area contributed by atoms with Crippen molar-refractivity contribution in [1.29, 1.82) is 5.41 Å². The molecule has 0 amide bonds. The largest absolute Gasteiger partial charge is 0.386 e. The summed E-state index contributed by atoms with van der Waals surface area (Å²) in [5, 5.41) is 7.61. The van der Waals surface area contributed by atoms with Crippen LogP contribution in [-0.2, 0) is 0 Å². The van der Waals surface area contributed by atoms with Gasteiger partial charge in [-0.2, -0.15) is 0 Å². The first-order chi connectivity index (χ1) is 6.18. The maximum atomic E-state index is 6.94. The number of rotatable bonds is 3. The second kappa shape index (κ2) is 4.62. The van der Waals surface area contributed by atoms with Gasteiger partial charge in [0.2, 0.25) is 0 Å². The van der Waals surface area contributed by atoms with E-state index in [1.807, 2.05) is 12.1 Å². The van der Waals surface area contributed by atoms with Crippen LogP contribution >= 0.6 is 11.6 Å². The highest BCUT2D eigenvalue weighted by atomic mass is 35.5. The first-order valence-electron chi connectivity index (χ1n) is 3.77. The summed E-state index contributed by atoms with van der Waals surface area (Å²) in [5.74, 6) is 0.0540. The minimum absolute atomic E-state index is 0.0540. The van der Waals surface area contributed by atoms with Crippen LogP contribution in [0.4, 0.5) is 0 Å². The van der Waals surface area contributed by atoms with Crippen LogP contribution in [0.1, 0.15) is 5.56 Å². The molecular weight excluding hydrogens is 186 g/mol. The van der Waals surface area contributed by atoms with E-state index in [0.29, 0.717) is 5.02 Å². The number of nitrogens with one attached hydrogen (secondary N) is 1. The van der Waals surface area contributed by atoms with Gasteiger partial charge in [0.1, 0.15) is 5.84 Å². The molecule has 0 aliphatic heterocycles. The van der Waals surface area contributed by atoms with Crippen LogP contribution < -0.4 is 5.73 Å². The lowest BCUT2D eigenvalue weighted by Crippen LogP contribution is -2.12. The van der Waals surface area contributed by atoms with Gasteiger partial charge in [0, 0.05) is 11.2 Å². The number of benzene rings is 1. The Morgan fingerprint density at radius 1 is 1.62 bits per heavy atom. The maximum Gasteiger partial charge on any atom is 0.113 e. The summed E-state index contributed by atoms with van der Waals surface area (Å²) in [6.45, 7) is 0.229. The van der Waals surface area contributed by atoms with E-state index < -0.39 is 0 Å². The first-order valence-corrected chi connectivity index (χ1v) is 4.14. The topological polar surface area (TPSA) is 62.2 Å². The molecule has 4 heteroatoms. The zero-order valence-electron chi connectivity index (χ0n) is 7.00. The van der Waals surface area contributed by atoms with Gasteiger partial charge in [0.05, 0.1) is 6.54 Å². The third-order valence-electron chi connectivity index (χ3n) is 1.35. The summed E-state index contributed by atoms with van der Waals surface area (Å²) >= 11 is 5.76. The molecule has 0 aliphatic carbocycles. The third kappa shape index (κ3) is 3.71. The first kappa shape index (κ1) is 9.74. The molecule has 68 valence electrons. The summed E-state index contributed by atoms with van der Waals surface area (Å²) in [7, 11) is 0. The molecule has 0 saturated heterocycles. The van der Waals surface area contributed by atoms with E-state index >= 15 is 0 Å². The Labute approximate surface area is 81.8 Å². The average molecular weight is 196 g/mol. The number of halogens is 1. The van der Waals surface area contributed by atoms with Gasteiger partial charge in [-0.3, -0.25) is 10.4 Å². The molecule has 0 saturated carbocycles. The minimum atomic E-state index is 0.0540. The lowest BCUT2D eigenvalue weighted by Gasteiger charge is -1.93. The van der Waals surface area contributed by atoms with Crippen molar-refractivity contribution in [3.63, 3.8) is 0 Å². The zero-order chi connectivity index (χ0) is 9.68. The fourth-order valence-corrected chi connectivity index (χ4v) is 1.04. The number of hydrogen-bond donors (Lipinski definition) is 2. The van der Waals surface area contributed by atoms with Gasteiger partial charge in [-0.1, -0.05) is 23.7 Å². The molecule has 13 heavy (non-hydrogen) atoms. The molecule has 0 bridgehead atoms. The molecule has 1 aromatic rings. The summed E-state index contributed by atoms with van der Waals surface area (Å²) in [6.07, 6.45) is 1.65. The second-order valence-electron chi connectivity index (χ2n) is 2.55. The molecule has 0 aromatic heterocycles. The van der Waals surface area contributed by atoms with Gasteiger partial charge >= 0.3 is 0 Å². The van der Waals surface area contributed by atoms with E-state index in [1.165, 1.54) is 0 Å². The van der Waals surface area contributed by atoms with Gasteiger partial charge in [-0.25, -0.2) is 0 Å². The van der Waals surface area contributed by atoms with Crippen LogP contribution in [0.5, 0.6) is 0 Å². The van der Waals surface area contributed by atoms with Crippen LogP contribution in [0.3, 0.4) is 0 Å². The van der Waals surface area contributed by atoms with E-state index in [1.54, 1.807) is 18.3 Å². The highest BCUT2D eigenvalue weighted by molar-refractivity contribution is 6.30. The fourth-order valence-electron chi connectivity index (χ4n) is 0.836. The second-order valence-corrected chi connectivity index (χ2v) is 2.99. The Kier molecular flexibility index (Phi) is 3.46. The Balaban J connectivity index is 2.63. The quantitative estimate of drug-likeness (QED) is 0.560. The molecule has 3 nitrogen and oxygen atoms in total. The van der Waals surface area contributed by atoms with Crippen LogP contribution in [-0.4, -0.2) is 18.6 Å². The van der Waals surface area contributed by atoms with Crippen molar-refractivity contribution in [2.45, 2.75) is 0 Å². The van der Waals surface area contributed by atoms with Crippen LogP contribution in [0.2, 0.25) is 5.02 Å². The highest BCUT2D eigenvalue weighted by Gasteiger charge is 1.89. The molecule has 0 spiro atoms. The van der Waals surface area contributed by atoms with Crippen LogP contribution in [0.15, 0.2) is 29.3 Å². The van der Waals surface area contributed by atoms with Crippen molar-refractivity contribution >= 4 is 23.7 Å². The van der Waals surface area contributed by atoms with Crippen molar-refractivity contribution in [2.75, 3.05) is 6.54 Å². The molecule has 0 radical (unpaired) electrons. The predicted octanol–water partition coefficient (Wildman–Crippen LogP) is 1.69. The summed E-state index contributed by atoms with van der Waals surface area (Å²) in [5.41, 5.74) is 6.04. The average Bonchev–Trinajstić information content (AvgIpc) is 2.03. The van der Waals surface area contributed by atoms with Crippen molar-refractivity contribution in [1.82, 2.24) is 0 Å². The molecule has 0 atom stereocenters. The van der Waals surface area contributed by atoms with Crippen molar-refractivity contribution < 1.29 is 0 Å². The van der Waals surface area contributed by atoms with E-state index in [-0.39, 0.29) is 12.4 Å². The molecule has 1 aromatic carbocycles. The predicted molar refractivity (Wildman–Crippen MR) is 55.8 cm³/mol. The SMILES string of the molecule is N=C(N)CN=Cc1cccc(Cl)c1. The van der Waals surface area contributed by atoms with Crippen molar-refractivity contribution in [3.8, 4) is 0 Å². The van der Waals surface area contributed by atoms with E-state index in [2.05, 4.69) is 4.99 Å². The maximum absolute atomic E-state index is 6.94. The molecule has 0 aliphatic rings. The van der Waals surface area contributed by atoms with E-state index in [4.69, 9.17) is 22.7 Å². The molecular formula is C9H10ClN3. The van der Waals surface area contributed by atoms with Crippen molar-refractivity contribution in [2.24, 2.45) is 10.7 Å². The highest BCUT2D eigenvalue weighted by Crippen LogP contribution is 2.08. The Morgan fingerprint density at radius 3 is 3.00 bits per heavy atom. The summed E-state index contributed by atoms with van der Waals surface area (Å²) in [4.78, 5) is 3.95. The minimum Gasteiger partial charge on any atom is -0.386 e.